The van der Waals surface area contributed by atoms with Crippen molar-refractivity contribution in [3.05, 3.63) is 33.7 Å². The molecule has 1 aromatic rings. The molecule has 2 aliphatic rings. The maximum Gasteiger partial charge on any atom is 0.248 e. The third-order valence-electron chi connectivity index (χ3n) is 4.16. The van der Waals surface area contributed by atoms with Crippen molar-refractivity contribution < 1.29 is 0 Å². The van der Waals surface area contributed by atoms with Gasteiger partial charge in [-0.25, -0.2) is 0 Å². The number of rotatable bonds is 2. The largest absolute Gasteiger partial charge is 0.326 e. The highest BCUT2D eigenvalue weighted by atomic mass is 16.1. The summed E-state index contributed by atoms with van der Waals surface area (Å²) in [7, 11) is 2.17. The summed E-state index contributed by atoms with van der Waals surface area (Å²) in [5, 5.41) is 3.76. The number of aromatic nitrogens is 1. The number of hydrogen-bond donors (Lipinski definition) is 2. The zero-order chi connectivity index (χ0) is 12.5. The molecule has 0 aromatic carbocycles. The SMILES string of the molecule is CN1CCC(NC2CCCc3[nH]c(=O)ccc32)C1. The second kappa shape index (κ2) is 4.86. The second-order valence-electron chi connectivity index (χ2n) is 5.62. The fraction of sp³-hybridized carbons (Fsp3) is 0.643. The number of fused-ring (bicyclic) bond motifs is 1. The Kier molecular flexibility index (Phi) is 3.22. The number of likely N-dealkylation sites (N-methyl/N-ethyl adjacent to an activating group) is 1. The summed E-state index contributed by atoms with van der Waals surface area (Å²) in [5.41, 5.74) is 2.46. The van der Waals surface area contributed by atoms with Gasteiger partial charge in [-0.1, -0.05) is 6.07 Å². The maximum absolute atomic E-state index is 11.4. The van der Waals surface area contributed by atoms with Gasteiger partial charge in [-0.05, 0) is 44.8 Å². The monoisotopic (exact) mass is 247 g/mol. The van der Waals surface area contributed by atoms with Crippen molar-refractivity contribution >= 4 is 0 Å². The van der Waals surface area contributed by atoms with E-state index in [1.807, 2.05) is 6.07 Å². The Balaban J connectivity index is 1.77. The van der Waals surface area contributed by atoms with Crippen LogP contribution in [-0.4, -0.2) is 36.1 Å². The van der Waals surface area contributed by atoms with Gasteiger partial charge in [-0.15, -0.1) is 0 Å². The van der Waals surface area contributed by atoms with Gasteiger partial charge in [-0.2, -0.15) is 0 Å². The Hall–Kier alpha value is -1.13. The minimum absolute atomic E-state index is 0.0231. The minimum atomic E-state index is 0.0231. The molecule has 2 heterocycles. The molecule has 0 saturated carbocycles. The van der Waals surface area contributed by atoms with Crippen molar-refractivity contribution in [1.29, 1.82) is 0 Å². The first-order chi connectivity index (χ1) is 8.72. The maximum atomic E-state index is 11.4. The third kappa shape index (κ3) is 2.35. The normalized spacial score (nSPS) is 28.3. The molecule has 98 valence electrons. The second-order valence-corrected chi connectivity index (χ2v) is 5.62. The van der Waals surface area contributed by atoms with Crippen LogP contribution in [-0.2, 0) is 6.42 Å². The van der Waals surface area contributed by atoms with Crippen molar-refractivity contribution in [2.24, 2.45) is 0 Å². The molecule has 4 heteroatoms. The lowest BCUT2D eigenvalue weighted by Gasteiger charge is -2.28. The van der Waals surface area contributed by atoms with Crippen LogP contribution in [0.1, 0.15) is 36.6 Å². The molecule has 1 aromatic heterocycles. The Morgan fingerprint density at radius 3 is 3.06 bits per heavy atom. The van der Waals surface area contributed by atoms with E-state index in [-0.39, 0.29) is 5.56 Å². The van der Waals surface area contributed by atoms with Crippen LogP contribution in [0, 0.1) is 0 Å². The molecular formula is C14H21N3O. The molecule has 1 aliphatic carbocycles. The summed E-state index contributed by atoms with van der Waals surface area (Å²) in [6, 6.07) is 4.67. The van der Waals surface area contributed by atoms with Crippen LogP contribution in [0.5, 0.6) is 0 Å². The van der Waals surface area contributed by atoms with Crippen LogP contribution >= 0.6 is 0 Å². The highest BCUT2D eigenvalue weighted by Crippen LogP contribution is 2.28. The highest BCUT2D eigenvalue weighted by Gasteiger charge is 2.26. The van der Waals surface area contributed by atoms with E-state index in [1.165, 1.54) is 24.9 Å². The fourth-order valence-electron chi connectivity index (χ4n) is 3.23. The van der Waals surface area contributed by atoms with Gasteiger partial charge in [0.1, 0.15) is 0 Å². The van der Waals surface area contributed by atoms with Gasteiger partial charge in [0.15, 0.2) is 0 Å². The smallest absolute Gasteiger partial charge is 0.248 e. The Labute approximate surface area is 107 Å². The van der Waals surface area contributed by atoms with Crippen molar-refractivity contribution in [2.45, 2.75) is 37.8 Å². The first-order valence-corrected chi connectivity index (χ1v) is 6.89. The Bertz CT molecular complexity index is 482. The number of aromatic amines is 1. The average Bonchev–Trinajstić information content (AvgIpc) is 2.75. The first-order valence-electron chi connectivity index (χ1n) is 6.89. The number of pyridine rings is 1. The van der Waals surface area contributed by atoms with Gasteiger partial charge in [0.25, 0.3) is 0 Å². The van der Waals surface area contributed by atoms with E-state index in [2.05, 4.69) is 22.2 Å². The quantitative estimate of drug-likeness (QED) is 0.821. The first kappa shape index (κ1) is 11.9. The summed E-state index contributed by atoms with van der Waals surface area (Å²) in [4.78, 5) is 16.7. The molecule has 3 rings (SSSR count). The molecule has 2 N–H and O–H groups in total. The van der Waals surface area contributed by atoms with Gasteiger partial charge >= 0.3 is 0 Å². The summed E-state index contributed by atoms with van der Waals surface area (Å²) in [6.07, 6.45) is 4.58. The summed E-state index contributed by atoms with van der Waals surface area (Å²) in [6.45, 7) is 2.32. The molecule has 1 saturated heterocycles. The van der Waals surface area contributed by atoms with Crippen molar-refractivity contribution in [2.75, 3.05) is 20.1 Å². The molecule has 18 heavy (non-hydrogen) atoms. The van der Waals surface area contributed by atoms with E-state index >= 15 is 0 Å². The van der Waals surface area contributed by atoms with Gasteiger partial charge < -0.3 is 15.2 Å². The van der Waals surface area contributed by atoms with Crippen LogP contribution in [0.4, 0.5) is 0 Å². The lowest BCUT2D eigenvalue weighted by molar-refractivity contribution is 0.365. The number of H-pyrrole nitrogens is 1. The number of aryl methyl sites for hydroxylation is 1. The van der Waals surface area contributed by atoms with E-state index in [4.69, 9.17) is 0 Å². The summed E-state index contributed by atoms with van der Waals surface area (Å²) in [5.74, 6) is 0. The third-order valence-corrected chi connectivity index (χ3v) is 4.16. The zero-order valence-corrected chi connectivity index (χ0v) is 10.9. The molecule has 0 bridgehead atoms. The fourth-order valence-corrected chi connectivity index (χ4v) is 3.23. The predicted octanol–water partition coefficient (Wildman–Crippen LogP) is 1.05. The van der Waals surface area contributed by atoms with Gasteiger partial charge in [0, 0.05) is 30.4 Å². The van der Waals surface area contributed by atoms with Crippen LogP contribution in [0.15, 0.2) is 16.9 Å². The molecule has 1 aliphatic heterocycles. The van der Waals surface area contributed by atoms with E-state index in [1.54, 1.807) is 6.07 Å². The lowest BCUT2D eigenvalue weighted by Crippen LogP contribution is -2.36. The Morgan fingerprint density at radius 1 is 1.39 bits per heavy atom. The topological polar surface area (TPSA) is 48.1 Å². The predicted molar refractivity (Wildman–Crippen MR) is 71.8 cm³/mol. The molecule has 0 spiro atoms. The van der Waals surface area contributed by atoms with Crippen LogP contribution in [0.2, 0.25) is 0 Å². The van der Waals surface area contributed by atoms with Crippen LogP contribution in [0.3, 0.4) is 0 Å². The molecule has 1 fully saturated rings. The van der Waals surface area contributed by atoms with Crippen molar-refractivity contribution in [3.8, 4) is 0 Å². The number of nitrogens with one attached hydrogen (secondary N) is 2. The van der Waals surface area contributed by atoms with E-state index in [0.717, 1.165) is 25.1 Å². The molecule has 2 atom stereocenters. The van der Waals surface area contributed by atoms with E-state index in [9.17, 15) is 4.79 Å². The standard InChI is InChI=1S/C14H21N3O/c1-17-8-7-10(9-17)15-12-3-2-4-13-11(12)5-6-14(18)16-13/h5-6,10,12,15H,2-4,7-9H2,1H3,(H,16,18). The minimum Gasteiger partial charge on any atom is -0.326 e. The molecular weight excluding hydrogens is 226 g/mol. The van der Waals surface area contributed by atoms with Gasteiger partial charge in [0.05, 0.1) is 0 Å². The van der Waals surface area contributed by atoms with E-state index in [0.29, 0.717) is 12.1 Å². The zero-order valence-electron chi connectivity index (χ0n) is 10.9. The van der Waals surface area contributed by atoms with Crippen molar-refractivity contribution in [1.82, 2.24) is 15.2 Å². The number of likely N-dealkylation sites (tertiary alicyclic amines) is 1. The highest BCUT2D eigenvalue weighted by molar-refractivity contribution is 5.26. The average molecular weight is 247 g/mol. The van der Waals surface area contributed by atoms with Crippen LogP contribution < -0.4 is 10.9 Å². The lowest BCUT2D eigenvalue weighted by atomic mass is 9.90. The Morgan fingerprint density at radius 2 is 2.28 bits per heavy atom. The van der Waals surface area contributed by atoms with Gasteiger partial charge in [-0.3, -0.25) is 4.79 Å². The van der Waals surface area contributed by atoms with Gasteiger partial charge in [0.2, 0.25) is 5.56 Å². The molecule has 4 nitrogen and oxygen atoms in total. The number of nitrogens with zero attached hydrogens (tertiary/aromatic N) is 1. The van der Waals surface area contributed by atoms with Crippen molar-refractivity contribution in [3.63, 3.8) is 0 Å². The number of hydrogen-bond acceptors (Lipinski definition) is 3. The van der Waals surface area contributed by atoms with Crippen LogP contribution in [0.25, 0.3) is 0 Å². The molecule has 0 amide bonds. The van der Waals surface area contributed by atoms with E-state index < -0.39 is 0 Å². The summed E-state index contributed by atoms with van der Waals surface area (Å²) < 4.78 is 0. The molecule has 2 unspecified atom stereocenters. The summed E-state index contributed by atoms with van der Waals surface area (Å²) >= 11 is 0. The molecule has 0 radical (unpaired) electrons.